The highest BCUT2D eigenvalue weighted by atomic mass is 32.1. The number of likely N-dealkylation sites (tertiary alicyclic amines) is 1. The Kier molecular flexibility index (Phi) is 4.85. The van der Waals surface area contributed by atoms with Crippen LogP contribution in [0.3, 0.4) is 0 Å². The molecule has 1 N–H and O–H groups in total. The van der Waals surface area contributed by atoms with E-state index in [0.29, 0.717) is 0 Å². The molecule has 2 aromatic rings. The molecule has 1 aliphatic rings. The van der Waals surface area contributed by atoms with E-state index >= 15 is 0 Å². The van der Waals surface area contributed by atoms with Crippen LogP contribution in [0.4, 0.5) is 5.69 Å². The fraction of sp³-hybridized carbons (Fsp3) is 0.412. The summed E-state index contributed by atoms with van der Waals surface area (Å²) in [7, 11) is 0. The third kappa shape index (κ3) is 3.36. The second-order valence-electron chi connectivity index (χ2n) is 5.63. The summed E-state index contributed by atoms with van der Waals surface area (Å²) in [5.41, 5.74) is 4.74. The molecule has 0 radical (unpaired) electrons. The molecule has 1 saturated heterocycles. The van der Waals surface area contributed by atoms with Crippen LogP contribution in [0, 0.1) is 0 Å². The van der Waals surface area contributed by atoms with Crippen molar-refractivity contribution in [1.82, 2.24) is 9.88 Å². The van der Waals surface area contributed by atoms with Gasteiger partial charge in [-0.2, -0.15) is 0 Å². The fourth-order valence-corrected chi connectivity index (χ4v) is 3.54. The van der Waals surface area contributed by atoms with Crippen molar-refractivity contribution in [1.29, 1.82) is 0 Å². The molecule has 2 heterocycles. The normalized spacial score (nSPS) is 18.5. The number of amides is 1. The summed E-state index contributed by atoms with van der Waals surface area (Å²) < 4.78 is 0. The predicted molar refractivity (Wildman–Crippen MR) is 91.1 cm³/mol. The molecule has 1 aliphatic heterocycles. The lowest BCUT2D eigenvalue weighted by atomic mass is 10.1. The minimum atomic E-state index is 0.0261. The quantitative estimate of drug-likeness (QED) is 0.916. The molecule has 1 fully saturated rings. The molecule has 0 bridgehead atoms. The maximum atomic E-state index is 12.5. The van der Waals surface area contributed by atoms with Gasteiger partial charge in [0, 0.05) is 16.6 Å². The number of rotatable bonds is 5. The number of hydrogen-bond acceptors (Lipinski definition) is 4. The van der Waals surface area contributed by atoms with Gasteiger partial charge >= 0.3 is 0 Å². The fourth-order valence-electron chi connectivity index (χ4n) is 2.98. The Bertz CT molecular complexity index is 609. The van der Waals surface area contributed by atoms with E-state index in [4.69, 9.17) is 0 Å². The maximum absolute atomic E-state index is 12.5. The van der Waals surface area contributed by atoms with Crippen molar-refractivity contribution < 1.29 is 4.79 Å². The van der Waals surface area contributed by atoms with Gasteiger partial charge in [-0.15, -0.1) is 11.3 Å². The Balaban J connectivity index is 1.64. The van der Waals surface area contributed by atoms with Crippen molar-refractivity contribution in [2.45, 2.75) is 32.2 Å². The van der Waals surface area contributed by atoms with Crippen molar-refractivity contribution in [3.8, 4) is 11.3 Å². The molecule has 1 aromatic carbocycles. The van der Waals surface area contributed by atoms with Crippen LogP contribution in [-0.4, -0.2) is 34.9 Å². The SMILES string of the molecule is CCCN1CCCC1C(=O)Nc1ccc(-c2cscn2)cc1. The Morgan fingerprint density at radius 1 is 1.41 bits per heavy atom. The molecule has 4 nitrogen and oxygen atoms in total. The molecule has 0 saturated carbocycles. The monoisotopic (exact) mass is 315 g/mol. The number of benzene rings is 1. The van der Waals surface area contributed by atoms with Crippen LogP contribution in [0.25, 0.3) is 11.3 Å². The number of aromatic nitrogens is 1. The van der Waals surface area contributed by atoms with Crippen LogP contribution < -0.4 is 5.32 Å². The van der Waals surface area contributed by atoms with Gasteiger partial charge in [0.25, 0.3) is 0 Å². The number of thiazole rings is 1. The molecule has 116 valence electrons. The first-order chi connectivity index (χ1) is 10.8. The summed E-state index contributed by atoms with van der Waals surface area (Å²) in [6, 6.07) is 7.93. The van der Waals surface area contributed by atoms with Gasteiger partial charge in [-0.1, -0.05) is 19.1 Å². The largest absolute Gasteiger partial charge is 0.325 e. The van der Waals surface area contributed by atoms with E-state index in [1.807, 2.05) is 35.2 Å². The zero-order valence-electron chi connectivity index (χ0n) is 12.8. The number of nitrogens with zero attached hydrogens (tertiary/aromatic N) is 2. The van der Waals surface area contributed by atoms with Gasteiger partial charge in [-0.05, 0) is 44.5 Å². The first-order valence-corrected chi connectivity index (χ1v) is 8.75. The van der Waals surface area contributed by atoms with Crippen LogP contribution in [-0.2, 0) is 4.79 Å². The average Bonchev–Trinajstić information content (AvgIpc) is 3.19. The predicted octanol–water partition coefficient (Wildman–Crippen LogP) is 3.62. The van der Waals surface area contributed by atoms with Crippen molar-refractivity contribution >= 4 is 22.9 Å². The zero-order valence-corrected chi connectivity index (χ0v) is 13.6. The molecule has 1 atom stereocenters. The molecule has 5 heteroatoms. The molecule has 1 aromatic heterocycles. The van der Waals surface area contributed by atoms with Gasteiger partial charge in [-0.25, -0.2) is 4.98 Å². The van der Waals surface area contributed by atoms with Gasteiger partial charge in [0.05, 0.1) is 17.2 Å². The summed E-state index contributed by atoms with van der Waals surface area (Å²) in [5, 5.41) is 5.07. The van der Waals surface area contributed by atoms with E-state index < -0.39 is 0 Å². The van der Waals surface area contributed by atoms with Crippen LogP contribution >= 0.6 is 11.3 Å². The highest BCUT2D eigenvalue weighted by molar-refractivity contribution is 7.07. The van der Waals surface area contributed by atoms with E-state index in [-0.39, 0.29) is 11.9 Å². The Morgan fingerprint density at radius 2 is 2.23 bits per heavy atom. The van der Waals surface area contributed by atoms with E-state index in [2.05, 4.69) is 22.1 Å². The van der Waals surface area contributed by atoms with Gasteiger partial charge in [-0.3, -0.25) is 9.69 Å². The first-order valence-electron chi connectivity index (χ1n) is 7.81. The minimum Gasteiger partial charge on any atom is -0.325 e. The van der Waals surface area contributed by atoms with Gasteiger partial charge in [0.2, 0.25) is 5.91 Å². The van der Waals surface area contributed by atoms with Crippen LogP contribution in [0.2, 0.25) is 0 Å². The summed E-state index contributed by atoms with van der Waals surface area (Å²) in [4.78, 5) is 19.0. The first kappa shape index (κ1) is 15.2. The second-order valence-corrected chi connectivity index (χ2v) is 6.35. The maximum Gasteiger partial charge on any atom is 0.241 e. The van der Waals surface area contributed by atoms with E-state index in [0.717, 1.165) is 49.3 Å². The average molecular weight is 315 g/mol. The number of carbonyl (C=O) groups is 1. The lowest BCUT2D eigenvalue weighted by Crippen LogP contribution is -2.39. The summed E-state index contributed by atoms with van der Waals surface area (Å²) in [5.74, 6) is 0.118. The van der Waals surface area contributed by atoms with Crippen molar-refractivity contribution in [2.75, 3.05) is 18.4 Å². The van der Waals surface area contributed by atoms with E-state index in [1.165, 1.54) is 0 Å². The topological polar surface area (TPSA) is 45.2 Å². The molecule has 1 unspecified atom stereocenters. The number of nitrogens with one attached hydrogen (secondary N) is 1. The second kappa shape index (κ2) is 7.03. The smallest absolute Gasteiger partial charge is 0.241 e. The van der Waals surface area contributed by atoms with Gasteiger partial charge < -0.3 is 5.32 Å². The molecule has 0 aliphatic carbocycles. The highest BCUT2D eigenvalue weighted by Crippen LogP contribution is 2.23. The molecule has 22 heavy (non-hydrogen) atoms. The summed E-state index contributed by atoms with van der Waals surface area (Å²) in [6.07, 6.45) is 3.16. The van der Waals surface area contributed by atoms with Crippen LogP contribution in [0.5, 0.6) is 0 Å². The molecular formula is C17H21N3OS. The van der Waals surface area contributed by atoms with Crippen LogP contribution in [0.1, 0.15) is 26.2 Å². The lowest BCUT2D eigenvalue weighted by Gasteiger charge is -2.22. The Labute approximate surface area is 135 Å². The van der Waals surface area contributed by atoms with Crippen LogP contribution in [0.15, 0.2) is 35.2 Å². The third-order valence-electron chi connectivity index (χ3n) is 4.06. The zero-order chi connectivity index (χ0) is 15.4. The number of anilines is 1. The molecule has 3 rings (SSSR count). The van der Waals surface area contributed by atoms with Gasteiger partial charge in [0.1, 0.15) is 0 Å². The summed E-state index contributed by atoms with van der Waals surface area (Å²) >= 11 is 1.58. The third-order valence-corrected chi connectivity index (χ3v) is 4.64. The van der Waals surface area contributed by atoms with E-state index in [1.54, 1.807) is 11.3 Å². The Morgan fingerprint density at radius 3 is 2.91 bits per heavy atom. The molecule has 1 amide bonds. The standard InChI is InChI=1S/C17H21N3OS/c1-2-9-20-10-3-4-16(20)17(21)19-14-7-5-13(6-8-14)15-11-22-12-18-15/h5-8,11-12,16H,2-4,9-10H2,1H3,(H,19,21). The van der Waals surface area contributed by atoms with E-state index in [9.17, 15) is 4.79 Å². The highest BCUT2D eigenvalue weighted by Gasteiger charge is 2.29. The number of hydrogen-bond donors (Lipinski definition) is 1. The van der Waals surface area contributed by atoms with Crippen molar-refractivity contribution in [3.05, 3.63) is 35.2 Å². The van der Waals surface area contributed by atoms with Crippen molar-refractivity contribution in [3.63, 3.8) is 0 Å². The number of carbonyl (C=O) groups excluding carboxylic acids is 1. The Hall–Kier alpha value is -1.72. The minimum absolute atomic E-state index is 0.0261. The van der Waals surface area contributed by atoms with Crippen molar-refractivity contribution in [2.24, 2.45) is 0 Å². The summed E-state index contributed by atoms with van der Waals surface area (Å²) in [6.45, 7) is 4.19. The molecular weight excluding hydrogens is 294 g/mol. The van der Waals surface area contributed by atoms with Gasteiger partial charge in [0.15, 0.2) is 0 Å². The molecule has 0 spiro atoms. The lowest BCUT2D eigenvalue weighted by molar-refractivity contribution is -0.120.